The maximum atomic E-state index is 12.8. The van der Waals surface area contributed by atoms with Gasteiger partial charge in [-0.15, -0.1) is 0 Å². The van der Waals surface area contributed by atoms with Crippen molar-refractivity contribution >= 4 is 5.91 Å². The summed E-state index contributed by atoms with van der Waals surface area (Å²) in [5.74, 6) is 2.26. The minimum atomic E-state index is -0.0109. The van der Waals surface area contributed by atoms with Gasteiger partial charge in [-0.1, -0.05) is 47.6 Å². The first-order valence-electron chi connectivity index (χ1n) is 12.2. The third kappa shape index (κ3) is 6.23. The van der Waals surface area contributed by atoms with Gasteiger partial charge in [0.15, 0.2) is 0 Å². The molecule has 0 spiro atoms. The molecule has 7 nitrogen and oxygen atoms in total. The predicted molar refractivity (Wildman–Crippen MR) is 131 cm³/mol. The van der Waals surface area contributed by atoms with Gasteiger partial charge in [0, 0.05) is 18.7 Å². The van der Waals surface area contributed by atoms with Gasteiger partial charge in [0.2, 0.25) is 17.6 Å². The van der Waals surface area contributed by atoms with E-state index in [0.29, 0.717) is 38.0 Å². The van der Waals surface area contributed by atoms with E-state index in [0.717, 1.165) is 49.1 Å². The summed E-state index contributed by atoms with van der Waals surface area (Å²) in [6.45, 7) is 7.56. The van der Waals surface area contributed by atoms with Crippen LogP contribution in [0.1, 0.15) is 43.2 Å². The average Bonchev–Trinajstić information content (AvgIpc) is 3.31. The van der Waals surface area contributed by atoms with Gasteiger partial charge in [-0.2, -0.15) is 4.98 Å². The minimum Gasteiger partial charge on any atom is -0.494 e. The molecule has 0 bridgehead atoms. The van der Waals surface area contributed by atoms with Crippen LogP contribution in [0.3, 0.4) is 0 Å². The Labute approximate surface area is 201 Å². The number of likely N-dealkylation sites (tertiary alicyclic amines) is 1. The Kier molecular flexibility index (Phi) is 8.31. The van der Waals surface area contributed by atoms with E-state index >= 15 is 0 Å². The summed E-state index contributed by atoms with van der Waals surface area (Å²) >= 11 is 0. The van der Waals surface area contributed by atoms with Gasteiger partial charge in [0.25, 0.3) is 0 Å². The Bertz CT molecular complexity index is 1080. The highest BCUT2D eigenvalue weighted by Crippen LogP contribution is 2.23. The largest absolute Gasteiger partial charge is 0.494 e. The normalized spacial score (nSPS) is 16.4. The first kappa shape index (κ1) is 24.0. The van der Waals surface area contributed by atoms with Crippen LogP contribution in [0.2, 0.25) is 0 Å². The molecule has 1 amide bonds. The van der Waals surface area contributed by atoms with Gasteiger partial charge in [-0.3, -0.25) is 9.69 Å². The highest BCUT2D eigenvalue weighted by atomic mass is 16.5. The lowest BCUT2D eigenvalue weighted by Gasteiger charge is -2.30. The number of carbonyl (C=O) groups is 1. The van der Waals surface area contributed by atoms with Gasteiger partial charge in [-0.05, 0) is 63.3 Å². The van der Waals surface area contributed by atoms with E-state index in [1.165, 1.54) is 5.56 Å². The van der Waals surface area contributed by atoms with E-state index in [2.05, 4.69) is 26.4 Å². The molecule has 1 saturated heterocycles. The zero-order valence-electron chi connectivity index (χ0n) is 20.1. The lowest BCUT2D eigenvalue weighted by atomic mass is 9.97. The third-order valence-corrected chi connectivity index (χ3v) is 6.28. The van der Waals surface area contributed by atoms with E-state index in [9.17, 15) is 4.79 Å². The zero-order valence-corrected chi connectivity index (χ0v) is 20.1. The fourth-order valence-corrected chi connectivity index (χ4v) is 4.50. The van der Waals surface area contributed by atoms with Crippen molar-refractivity contribution in [1.29, 1.82) is 0 Å². The summed E-state index contributed by atoms with van der Waals surface area (Å²) in [5, 5.41) is 7.29. The van der Waals surface area contributed by atoms with Crippen LogP contribution in [-0.2, 0) is 17.8 Å². The molecule has 1 fully saturated rings. The molecule has 0 radical (unpaired) electrons. The average molecular weight is 463 g/mol. The minimum absolute atomic E-state index is 0.0109. The molecule has 1 aliphatic rings. The van der Waals surface area contributed by atoms with Crippen LogP contribution < -0.4 is 10.1 Å². The monoisotopic (exact) mass is 462 g/mol. The van der Waals surface area contributed by atoms with E-state index in [1.807, 2.05) is 56.3 Å². The molecule has 0 aliphatic carbocycles. The number of ether oxygens (including phenoxy) is 1. The Hall–Kier alpha value is -3.19. The summed E-state index contributed by atoms with van der Waals surface area (Å²) in [4.78, 5) is 19.6. The second kappa shape index (κ2) is 11.8. The molecule has 1 unspecified atom stereocenters. The van der Waals surface area contributed by atoms with Crippen molar-refractivity contribution in [1.82, 2.24) is 20.4 Å². The van der Waals surface area contributed by atoms with Gasteiger partial charge in [0.1, 0.15) is 5.75 Å². The van der Waals surface area contributed by atoms with Gasteiger partial charge in [-0.25, -0.2) is 0 Å². The second-order valence-corrected chi connectivity index (χ2v) is 8.84. The van der Waals surface area contributed by atoms with E-state index < -0.39 is 0 Å². The van der Waals surface area contributed by atoms with E-state index in [1.54, 1.807) is 0 Å². The van der Waals surface area contributed by atoms with E-state index in [-0.39, 0.29) is 11.8 Å². The first-order chi connectivity index (χ1) is 16.6. The fraction of sp³-hybridized carbons (Fsp3) is 0.444. The van der Waals surface area contributed by atoms with Gasteiger partial charge < -0.3 is 14.6 Å². The van der Waals surface area contributed by atoms with Crippen LogP contribution in [0.4, 0.5) is 0 Å². The molecule has 1 atom stereocenters. The van der Waals surface area contributed by atoms with Crippen molar-refractivity contribution in [2.75, 3.05) is 26.2 Å². The molecule has 34 heavy (non-hydrogen) atoms. The molecule has 0 saturated carbocycles. The van der Waals surface area contributed by atoms with Crippen LogP contribution in [0.15, 0.2) is 53.1 Å². The fourth-order valence-electron chi connectivity index (χ4n) is 4.50. The van der Waals surface area contributed by atoms with Crippen LogP contribution in [-0.4, -0.2) is 47.2 Å². The molecule has 7 heteroatoms. The van der Waals surface area contributed by atoms with Crippen LogP contribution >= 0.6 is 0 Å². The number of nitrogens with zero attached hydrogens (tertiary/aromatic N) is 3. The van der Waals surface area contributed by atoms with Crippen molar-refractivity contribution in [3.8, 4) is 17.1 Å². The van der Waals surface area contributed by atoms with Crippen LogP contribution in [0.25, 0.3) is 11.4 Å². The SMILES string of the molecule is CCOc1ccccc1CCCNC(=O)C1CCCN(Cc2nc(-c3ccccc3C)no2)C1. The lowest BCUT2D eigenvalue weighted by Crippen LogP contribution is -2.43. The molecular formula is C27H34N4O3. The first-order valence-corrected chi connectivity index (χ1v) is 12.2. The smallest absolute Gasteiger partial charge is 0.241 e. The molecule has 2 aromatic carbocycles. The number of hydrogen-bond donors (Lipinski definition) is 1. The lowest BCUT2D eigenvalue weighted by molar-refractivity contribution is -0.126. The molecule has 1 aromatic heterocycles. The highest BCUT2D eigenvalue weighted by Gasteiger charge is 2.26. The summed E-state index contributed by atoms with van der Waals surface area (Å²) in [6, 6.07) is 16.1. The number of rotatable bonds is 10. The van der Waals surface area contributed by atoms with Crippen molar-refractivity contribution < 1.29 is 14.1 Å². The van der Waals surface area contributed by atoms with Crippen LogP contribution in [0, 0.1) is 12.8 Å². The quantitative estimate of drug-likeness (QED) is 0.450. The molecule has 180 valence electrons. The number of piperidine rings is 1. The van der Waals surface area contributed by atoms with Crippen LogP contribution in [0.5, 0.6) is 5.75 Å². The summed E-state index contributed by atoms with van der Waals surface area (Å²) < 4.78 is 11.2. The molecule has 4 rings (SSSR count). The Balaban J connectivity index is 1.24. The van der Waals surface area contributed by atoms with Crippen molar-refractivity contribution in [3.63, 3.8) is 0 Å². The Morgan fingerprint density at radius 3 is 2.88 bits per heavy atom. The second-order valence-electron chi connectivity index (χ2n) is 8.84. The standard InChI is InChI=1S/C27H34N4O3/c1-3-33-24-15-7-5-11-21(24)12-8-16-28-27(32)22-13-9-17-31(18-22)19-25-29-26(30-34-25)23-14-6-4-10-20(23)2/h4-7,10-11,14-15,22H,3,8-9,12-13,16-19H2,1-2H3,(H,28,32). The number of benzene rings is 2. The van der Waals surface area contributed by atoms with Gasteiger partial charge in [0.05, 0.1) is 19.1 Å². The summed E-state index contributed by atoms with van der Waals surface area (Å²) in [7, 11) is 0. The molecule has 3 aromatic rings. The Morgan fingerprint density at radius 2 is 2.03 bits per heavy atom. The number of nitrogens with one attached hydrogen (secondary N) is 1. The Morgan fingerprint density at radius 1 is 1.21 bits per heavy atom. The number of amides is 1. The molecule has 1 aliphatic heterocycles. The summed E-state index contributed by atoms with van der Waals surface area (Å²) in [6.07, 6.45) is 3.66. The molecule has 2 heterocycles. The maximum absolute atomic E-state index is 12.8. The van der Waals surface area contributed by atoms with Crippen molar-refractivity contribution in [3.05, 3.63) is 65.5 Å². The van der Waals surface area contributed by atoms with Crippen molar-refractivity contribution in [2.24, 2.45) is 5.92 Å². The zero-order chi connectivity index (χ0) is 23.8. The van der Waals surface area contributed by atoms with E-state index in [4.69, 9.17) is 9.26 Å². The number of aromatic nitrogens is 2. The van der Waals surface area contributed by atoms with Gasteiger partial charge >= 0.3 is 0 Å². The topological polar surface area (TPSA) is 80.5 Å². The maximum Gasteiger partial charge on any atom is 0.241 e. The third-order valence-electron chi connectivity index (χ3n) is 6.28. The predicted octanol–water partition coefficient (Wildman–Crippen LogP) is 4.40. The summed E-state index contributed by atoms with van der Waals surface area (Å²) in [5.41, 5.74) is 3.29. The number of para-hydroxylation sites is 1. The number of aryl methyl sites for hydroxylation is 2. The highest BCUT2D eigenvalue weighted by molar-refractivity contribution is 5.78. The number of carbonyl (C=O) groups excluding carboxylic acids is 1. The molecular weight excluding hydrogens is 428 g/mol. The van der Waals surface area contributed by atoms with Crippen molar-refractivity contribution in [2.45, 2.75) is 46.1 Å². The molecule has 1 N–H and O–H groups in total. The number of hydrogen-bond acceptors (Lipinski definition) is 6.